The van der Waals surface area contributed by atoms with Gasteiger partial charge >= 0.3 is 5.97 Å². The molecule has 0 radical (unpaired) electrons. The van der Waals surface area contributed by atoms with E-state index in [-0.39, 0.29) is 5.91 Å². The number of nitrogens with zero attached hydrogens (tertiary/aromatic N) is 1. The predicted octanol–water partition coefficient (Wildman–Crippen LogP) is 5.61. The molecule has 0 aliphatic heterocycles. The number of hydrazone groups is 1. The number of benzene rings is 4. The number of amides is 1. The highest BCUT2D eigenvalue weighted by Crippen LogP contribution is 2.27. The zero-order valence-electron chi connectivity index (χ0n) is 18.7. The number of hydrogen-bond donors (Lipinski definition) is 1. The molecule has 0 saturated heterocycles. The van der Waals surface area contributed by atoms with Crippen LogP contribution in [0.4, 0.5) is 0 Å². The summed E-state index contributed by atoms with van der Waals surface area (Å²) in [5, 5.41) is 5.93. The van der Waals surface area contributed by atoms with Crippen LogP contribution in [0.3, 0.4) is 0 Å². The minimum atomic E-state index is -0.472. The number of ether oxygens (including phenoxy) is 2. The number of esters is 1. The largest absolute Gasteiger partial charge is 0.494 e. The number of nitrogens with one attached hydrogen (secondary N) is 1. The van der Waals surface area contributed by atoms with Gasteiger partial charge in [-0.2, -0.15) is 5.10 Å². The van der Waals surface area contributed by atoms with Gasteiger partial charge in [-0.1, -0.05) is 55.5 Å². The van der Waals surface area contributed by atoms with Crippen molar-refractivity contribution < 1.29 is 19.1 Å². The molecule has 1 amide bonds. The lowest BCUT2D eigenvalue weighted by atomic mass is 10.0. The first-order valence-electron chi connectivity index (χ1n) is 11.0. The normalized spacial score (nSPS) is 10.9. The molecule has 4 aromatic rings. The molecule has 4 aromatic carbocycles. The summed E-state index contributed by atoms with van der Waals surface area (Å²) in [5.74, 6) is 0.229. The molecule has 0 fully saturated rings. The molecule has 34 heavy (non-hydrogen) atoms. The lowest BCUT2D eigenvalue weighted by molar-refractivity contribution is 0.0734. The Kier molecular flexibility index (Phi) is 7.30. The maximum atomic E-state index is 12.6. The average Bonchev–Trinajstić information content (AvgIpc) is 2.89. The van der Waals surface area contributed by atoms with E-state index < -0.39 is 5.97 Å². The topological polar surface area (TPSA) is 77.0 Å². The number of fused-ring (bicyclic) bond motifs is 1. The first-order chi connectivity index (χ1) is 16.7. The molecule has 0 aliphatic carbocycles. The summed E-state index contributed by atoms with van der Waals surface area (Å²) < 4.78 is 11.2. The third-order valence-corrected chi connectivity index (χ3v) is 5.09. The fraction of sp³-hybridized carbons (Fsp3) is 0.107. The van der Waals surface area contributed by atoms with Crippen LogP contribution < -0.4 is 14.9 Å². The van der Waals surface area contributed by atoms with Crippen molar-refractivity contribution in [3.05, 3.63) is 108 Å². The average molecular weight is 453 g/mol. The van der Waals surface area contributed by atoms with Crippen LogP contribution in [-0.2, 0) is 0 Å². The molecule has 0 aliphatic rings. The lowest BCUT2D eigenvalue weighted by Gasteiger charge is -2.10. The first kappa shape index (κ1) is 22.7. The predicted molar refractivity (Wildman–Crippen MR) is 133 cm³/mol. The standard InChI is InChI=1S/C28H24N2O4/c1-2-18-33-23-15-12-21(13-16-23)27(31)30-29-19-25-24-11-7-6-8-20(24)14-17-26(25)34-28(32)22-9-4-3-5-10-22/h3-17,19H,2,18H2,1H3,(H,30,31)/b29-19+. The summed E-state index contributed by atoms with van der Waals surface area (Å²) in [4.78, 5) is 25.1. The van der Waals surface area contributed by atoms with Crippen LogP contribution in [0, 0.1) is 0 Å². The van der Waals surface area contributed by atoms with Crippen molar-refractivity contribution in [3.63, 3.8) is 0 Å². The summed E-state index contributed by atoms with van der Waals surface area (Å²) in [5.41, 5.74) is 4.02. The van der Waals surface area contributed by atoms with Crippen molar-refractivity contribution in [1.82, 2.24) is 5.43 Å². The van der Waals surface area contributed by atoms with E-state index in [0.717, 1.165) is 17.2 Å². The molecule has 0 heterocycles. The van der Waals surface area contributed by atoms with E-state index in [9.17, 15) is 9.59 Å². The molecule has 4 rings (SSSR count). The van der Waals surface area contributed by atoms with E-state index in [2.05, 4.69) is 10.5 Å². The molecular weight excluding hydrogens is 428 g/mol. The van der Waals surface area contributed by atoms with Crippen LogP contribution in [0.25, 0.3) is 10.8 Å². The number of carbonyl (C=O) groups is 2. The van der Waals surface area contributed by atoms with Gasteiger partial charge in [0.15, 0.2) is 0 Å². The van der Waals surface area contributed by atoms with Gasteiger partial charge in [-0.15, -0.1) is 0 Å². The van der Waals surface area contributed by atoms with Crippen LogP contribution in [0.2, 0.25) is 0 Å². The highest BCUT2D eigenvalue weighted by atomic mass is 16.5. The van der Waals surface area contributed by atoms with E-state index in [0.29, 0.717) is 34.8 Å². The Bertz CT molecular complexity index is 1320. The summed E-state index contributed by atoms with van der Waals surface area (Å²) in [6, 6.07) is 26.9. The Morgan fingerprint density at radius 3 is 2.35 bits per heavy atom. The fourth-order valence-electron chi connectivity index (χ4n) is 3.37. The number of rotatable bonds is 8. The zero-order valence-corrected chi connectivity index (χ0v) is 18.7. The van der Waals surface area contributed by atoms with Crippen molar-refractivity contribution in [3.8, 4) is 11.5 Å². The van der Waals surface area contributed by atoms with Crippen molar-refractivity contribution in [2.75, 3.05) is 6.61 Å². The summed E-state index contributed by atoms with van der Waals surface area (Å²) in [6.07, 6.45) is 2.40. The summed E-state index contributed by atoms with van der Waals surface area (Å²) in [6.45, 7) is 2.65. The van der Waals surface area contributed by atoms with Gasteiger partial charge in [0.05, 0.1) is 18.4 Å². The first-order valence-corrected chi connectivity index (χ1v) is 11.0. The van der Waals surface area contributed by atoms with E-state index in [1.165, 1.54) is 6.21 Å². The van der Waals surface area contributed by atoms with Gasteiger partial charge in [-0.25, -0.2) is 10.2 Å². The molecule has 170 valence electrons. The second kappa shape index (κ2) is 10.9. The molecule has 0 unspecified atom stereocenters. The molecule has 0 spiro atoms. The molecule has 6 nitrogen and oxygen atoms in total. The molecule has 0 bridgehead atoms. The Morgan fingerprint density at radius 2 is 1.59 bits per heavy atom. The smallest absolute Gasteiger partial charge is 0.343 e. The van der Waals surface area contributed by atoms with Gasteiger partial charge in [0.2, 0.25) is 0 Å². The quantitative estimate of drug-likeness (QED) is 0.163. The van der Waals surface area contributed by atoms with Gasteiger partial charge < -0.3 is 9.47 Å². The van der Waals surface area contributed by atoms with Gasteiger partial charge in [-0.3, -0.25) is 4.79 Å². The van der Waals surface area contributed by atoms with Crippen LogP contribution in [0.1, 0.15) is 39.6 Å². The van der Waals surface area contributed by atoms with E-state index in [1.54, 1.807) is 54.6 Å². The second-order valence-corrected chi connectivity index (χ2v) is 7.53. The third-order valence-electron chi connectivity index (χ3n) is 5.09. The minimum Gasteiger partial charge on any atom is -0.494 e. The van der Waals surface area contributed by atoms with Crippen LogP contribution >= 0.6 is 0 Å². The SMILES string of the molecule is CCCOc1ccc(C(=O)N/N=C/c2c(OC(=O)c3ccccc3)ccc3ccccc23)cc1. The van der Waals surface area contributed by atoms with E-state index in [4.69, 9.17) is 9.47 Å². The van der Waals surface area contributed by atoms with Gasteiger partial charge in [0, 0.05) is 11.1 Å². The maximum Gasteiger partial charge on any atom is 0.343 e. The van der Waals surface area contributed by atoms with Crippen molar-refractivity contribution >= 4 is 28.9 Å². The lowest BCUT2D eigenvalue weighted by Crippen LogP contribution is -2.17. The third kappa shape index (κ3) is 5.48. The molecule has 0 saturated carbocycles. The van der Waals surface area contributed by atoms with Crippen LogP contribution in [-0.4, -0.2) is 24.7 Å². The molecule has 6 heteroatoms. The minimum absolute atomic E-state index is 0.350. The highest BCUT2D eigenvalue weighted by molar-refractivity contribution is 6.04. The molecule has 0 aromatic heterocycles. The van der Waals surface area contributed by atoms with Crippen molar-refractivity contribution in [2.45, 2.75) is 13.3 Å². The highest BCUT2D eigenvalue weighted by Gasteiger charge is 2.13. The van der Waals surface area contributed by atoms with Gasteiger partial charge in [0.25, 0.3) is 5.91 Å². The molecule has 0 atom stereocenters. The van der Waals surface area contributed by atoms with Gasteiger partial charge in [0.1, 0.15) is 11.5 Å². The van der Waals surface area contributed by atoms with Gasteiger partial charge in [-0.05, 0) is 59.7 Å². The molecular formula is C28H24N2O4. The number of carbonyl (C=O) groups excluding carboxylic acids is 2. The second-order valence-electron chi connectivity index (χ2n) is 7.53. The van der Waals surface area contributed by atoms with Crippen LogP contribution in [0.5, 0.6) is 11.5 Å². The Morgan fingerprint density at radius 1 is 0.853 bits per heavy atom. The maximum absolute atomic E-state index is 12.6. The van der Waals surface area contributed by atoms with E-state index >= 15 is 0 Å². The van der Waals surface area contributed by atoms with Crippen LogP contribution in [0.15, 0.2) is 96.1 Å². The Hall–Kier alpha value is -4.45. The fourth-order valence-corrected chi connectivity index (χ4v) is 3.37. The Labute approximate surface area is 197 Å². The molecule has 1 N–H and O–H groups in total. The van der Waals surface area contributed by atoms with E-state index in [1.807, 2.05) is 43.3 Å². The monoisotopic (exact) mass is 452 g/mol. The Balaban J connectivity index is 1.54. The van der Waals surface area contributed by atoms with Crippen molar-refractivity contribution in [2.24, 2.45) is 5.10 Å². The zero-order chi connectivity index (χ0) is 23.8. The summed E-state index contributed by atoms with van der Waals surface area (Å²) in [7, 11) is 0. The number of hydrogen-bond acceptors (Lipinski definition) is 5. The summed E-state index contributed by atoms with van der Waals surface area (Å²) >= 11 is 0. The van der Waals surface area contributed by atoms with Crippen molar-refractivity contribution in [1.29, 1.82) is 0 Å².